The lowest BCUT2D eigenvalue weighted by Gasteiger charge is -2.13. The van der Waals surface area contributed by atoms with Gasteiger partial charge >= 0.3 is 0 Å². The molecule has 0 atom stereocenters. The molecule has 6 heteroatoms. The van der Waals surface area contributed by atoms with E-state index in [9.17, 15) is 9.59 Å². The predicted octanol–water partition coefficient (Wildman–Crippen LogP) is -0.390. The lowest BCUT2D eigenvalue weighted by atomic mass is 10.1. The molecule has 1 fully saturated rings. The highest BCUT2D eigenvalue weighted by molar-refractivity contribution is 7.80. The van der Waals surface area contributed by atoms with Crippen LogP contribution >= 0.6 is 12.2 Å². The highest BCUT2D eigenvalue weighted by Gasteiger charge is 2.41. The van der Waals surface area contributed by atoms with Crippen molar-refractivity contribution in [1.29, 1.82) is 0 Å². The summed E-state index contributed by atoms with van der Waals surface area (Å²) in [4.78, 5) is 21.9. The van der Waals surface area contributed by atoms with Crippen molar-refractivity contribution in [2.45, 2.75) is 26.2 Å². The first-order valence-corrected chi connectivity index (χ1v) is 4.72. The summed E-state index contributed by atoms with van der Waals surface area (Å²) in [6.45, 7) is 2.02. The van der Waals surface area contributed by atoms with Crippen LogP contribution < -0.4 is 16.6 Å². The molecule has 0 spiro atoms. The number of nitrogens with two attached hydrogens (primary N) is 1. The van der Waals surface area contributed by atoms with Gasteiger partial charge in [0.1, 0.15) is 6.42 Å². The SMILES string of the molecule is CC1(C(=S)NNC(=O)CC(N)=O)CC1. The van der Waals surface area contributed by atoms with E-state index in [1.54, 1.807) is 0 Å². The first-order chi connectivity index (χ1) is 6.44. The Morgan fingerprint density at radius 2 is 2.00 bits per heavy atom. The van der Waals surface area contributed by atoms with Crippen molar-refractivity contribution in [2.24, 2.45) is 11.1 Å². The van der Waals surface area contributed by atoms with Crippen LogP contribution in [-0.2, 0) is 9.59 Å². The molecule has 4 N–H and O–H groups in total. The van der Waals surface area contributed by atoms with Gasteiger partial charge in [0.15, 0.2) is 0 Å². The van der Waals surface area contributed by atoms with Gasteiger partial charge in [-0.3, -0.25) is 20.4 Å². The van der Waals surface area contributed by atoms with Crippen molar-refractivity contribution in [1.82, 2.24) is 10.9 Å². The molecule has 0 heterocycles. The summed E-state index contributed by atoms with van der Waals surface area (Å²) >= 11 is 5.04. The molecular formula is C8H13N3O2S. The Kier molecular flexibility index (Phi) is 3.05. The maximum Gasteiger partial charge on any atom is 0.247 e. The maximum atomic E-state index is 11.0. The van der Waals surface area contributed by atoms with E-state index in [1.165, 1.54) is 0 Å². The third-order valence-corrected chi connectivity index (χ3v) is 2.79. The van der Waals surface area contributed by atoms with Crippen LogP contribution in [0.2, 0.25) is 0 Å². The van der Waals surface area contributed by atoms with Gasteiger partial charge in [-0.1, -0.05) is 19.1 Å². The summed E-state index contributed by atoms with van der Waals surface area (Å²) in [5, 5.41) is 0. The lowest BCUT2D eigenvalue weighted by molar-refractivity contribution is -0.128. The van der Waals surface area contributed by atoms with E-state index in [-0.39, 0.29) is 11.8 Å². The first-order valence-electron chi connectivity index (χ1n) is 4.32. The maximum absolute atomic E-state index is 11.0. The number of carbonyl (C=O) groups excluding carboxylic acids is 2. The number of hydrazine groups is 1. The van der Waals surface area contributed by atoms with E-state index in [0.717, 1.165) is 12.8 Å². The molecule has 0 radical (unpaired) electrons. The molecule has 0 bridgehead atoms. The molecule has 0 aromatic heterocycles. The monoisotopic (exact) mass is 215 g/mol. The molecule has 0 aromatic carbocycles. The van der Waals surface area contributed by atoms with Crippen molar-refractivity contribution < 1.29 is 9.59 Å². The number of rotatable bonds is 3. The Hall–Kier alpha value is -1.17. The van der Waals surface area contributed by atoms with Gasteiger partial charge in [-0.2, -0.15) is 0 Å². The summed E-state index contributed by atoms with van der Waals surface area (Å²) in [6, 6.07) is 0. The number of amides is 2. The van der Waals surface area contributed by atoms with Gasteiger partial charge in [-0.05, 0) is 12.8 Å². The highest BCUT2D eigenvalue weighted by Crippen LogP contribution is 2.45. The van der Waals surface area contributed by atoms with E-state index in [1.807, 2.05) is 6.92 Å². The van der Waals surface area contributed by atoms with Crippen LogP contribution in [0, 0.1) is 5.41 Å². The average molecular weight is 215 g/mol. The highest BCUT2D eigenvalue weighted by atomic mass is 32.1. The van der Waals surface area contributed by atoms with Crippen molar-refractivity contribution in [3.8, 4) is 0 Å². The Labute approximate surface area is 87.4 Å². The Balaban J connectivity index is 2.23. The number of carbonyl (C=O) groups is 2. The number of hydrogen-bond donors (Lipinski definition) is 3. The van der Waals surface area contributed by atoms with Gasteiger partial charge in [0.05, 0.1) is 4.99 Å². The standard InChI is InChI=1S/C8H13N3O2S/c1-8(2-3-8)7(14)11-10-6(13)4-5(9)12/h2-4H2,1H3,(H2,9,12)(H,10,13)(H,11,14). The van der Waals surface area contributed by atoms with Crippen LogP contribution in [0.1, 0.15) is 26.2 Å². The van der Waals surface area contributed by atoms with Crippen LogP contribution in [-0.4, -0.2) is 16.8 Å². The zero-order chi connectivity index (χ0) is 10.8. The quantitative estimate of drug-likeness (QED) is 0.340. The molecule has 78 valence electrons. The third kappa shape index (κ3) is 2.95. The second-order valence-electron chi connectivity index (χ2n) is 3.71. The molecule has 1 rings (SSSR count). The minimum absolute atomic E-state index is 0.0232. The van der Waals surface area contributed by atoms with Crippen LogP contribution in [0.5, 0.6) is 0 Å². The molecule has 2 amide bonds. The zero-order valence-electron chi connectivity index (χ0n) is 7.92. The number of thiocarbonyl (C=S) groups is 1. The zero-order valence-corrected chi connectivity index (χ0v) is 8.74. The summed E-state index contributed by atoms with van der Waals surface area (Å²) < 4.78 is 0. The van der Waals surface area contributed by atoms with Gasteiger partial charge in [0.2, 0.25) is 11.8 Å². The van der Waals surface area contributed by atoms with E-state index in [0.29, 0.717) is 4.99 Å². The van der Waals surface area contributed by atoms with E-state index >= 15 is 0 Å². The fourth-order valence-corrected chi connectivity index (χ4v) is 1.15. The van der Waals surface area contributed by atoms with Gasteiger partial charge in [0, 0.05) is 5.41 Å². The Morgan fingerprint density at radius 1 is 1.43 bits per heavy atom. The molecule has 1 saturated carbocycles. The molecule has 1 aliphatic carbocycles. The van der Waals surface area contributed by atoms with E-state index < -0.39 is 11.8 Å². The fraction of sp³-hybridized carbons (Fsp3) is 0.625. The van der Waals surface area contributed by atoms with Crippen molar-refractivity contribution in [3.63, 3.8) is 0 Å². The minimum Gasteiger partial charge on any atom is -0.369 e. The molecule has 0 saturated heterocycles. The normalized spacial score (nSPS) is 16.9. The summed E-state index contributed by atoms with van der Waals surface area (Å²) in [7, 11) is 0. The minimum atomic E-state index is -0.659. The van der Waals surface area contributed by atoms with Crippen molar-refractivity contribution in [3.05, 3.63) is 0 Å². The largest absolute Gasteiger partial charge is 0.369 e. The summed E-state index contributed by atoms with van der Waals surface area (Å²) in [6.07, 6.45) is 1.74. The van der Waals surface area contributed by atoms with Gasteiger partial charge < -0.3 is 5.73 Å². The Bertz CT molecular complexity index is 286. The first kappa shape index (κ1) is 10.9. The molecule has 5 nitrogen and oxygen atoms in total. The lowest BCUT2D eigenvalue weighted by Crippen LogP contribution is -2.44. The van der Waals surface area contributed by atoms with Gasteiger partial charge in [-0.25, -0.2) is 0 Å². The number of hydrogen-bond acceptors (Lipinski definition) is 3. The van der Waals surface area contributed by atoms with Crippen LogP contribution in [0.4, 0.5) is 0 Å². The number of nitrogens with one attached hydrogen (secondary N) is 2. The van der Waals surface area contributed by atoms with Crippen LogP contribution in [0.3, 0.4) is 0 Å². The second kappa shape index (κ2) is 3.91. The molecule has 14 heavy (non-hydrogen) atoms. The smallest absolute Gasteiger partial charge is 0.247 e. The van der Waals surface area contributed by atoms with Crippen LogP contribution in [0.15, 0.2) is 0 Å². The predicted molar refractivity (Wildman–Crippen MR) is 55.0 cm³/mol. The Morgan fingerprint density at radius 3 is 2.43 bits per heavy atom. The molecule has 0 unspecified atom stereocenters. The summed E-state index contributed by atoms with van der Waals surface area (Å²) in [5.41, 5.74) is 9.80. The third-order valence-electron chi connectivity index (χ3n) is 2.20. The van der Waals surface area contributed by atoms with Crippen molar-refractivity contribution >= 4 is 29.0 Å². The number of primary amides is 1. The van der Waals surface area contributed by atoms with E-state index in [4.69, 9.17) is 18.0 Å². The molecule has 1 aliphatic rings. The molecule has 0 aliphatic heterocycles. The van der Waals surface area contributed by atoms with Gasteiger partial charge in [-0.15, -0.1) is 0 Å². The summed E-state index contributed by atoms with van der Waals surface area (Å²) in [5.74, 6) is -1.13. The second-order valence-corrected chi connectivity index (χ2v) is 4.11. The van der Waals surface area contributed by atoms with E-state index in [2.05, 4.69) is 10.9 Å². The van der Waals surface area contributed by atoms with Gasteiger partial charge in [0.25, 0.3) is 0 Å². The average Bonchev–Trinajstić information content (AvgIpc) is 2.79. The molecule has 0 aromatic rings. The van der Waals surface area contributed by atoms with Crippen LogP contribution in [0.25, 0.3) is 0 Å². The fourth-order valence-electron chi connectivity index (χ4n) is 0.894. The van der Waals surface area contributed by atoms with Crippen molar-refractivity contribution in [2.75, 3.05) is 0 Å². The molecular weight excluding hydrogens is 202 g/mol. The topological polar surface area (TPSA) is 84.2 Å².